The molecular weight excluding hydrogens is 213 g/mol. The van der Waals surface area contributed by atoms with Crippen molar-refractivity contribution in [1.82, 2.24) is 5.32 Å². The van der Waals surface area contributed by atoms with E-state index < -0.39 is 0 Å². The van der Waals surface area contributed by atoms with Crippen LogP contribution in [0, 0.1) is 11.7 Å². The molecule has 1 nitrogen and oxygen atoms in total. The summed E-state index contributed by atoms with van der Waals surface area (Å²) in [6.07, 6.45) is 3.46. The Kier molecular flexibility index (Phi) is 3.82. The highest BCUT2D eigenvalue weighted by Crippen LogP contribution is 2.49. The Hall–Kier alpha value is -0.890. The first-order chi connectivity index (χ1) is 8.22. The fourth-order valence-electron chi connectivity index (χ4n) is 3.05. The summed E-state index contributed by atoms with van der Waals surface area (Å²) < 4.78 is 13.9. The quantitative estimate of drug-likeness (QED) is 0.823. The molecule has 0 aliphatic heterocycles. The third kappa shape index (κ3) is 2.37. The van der Waals surface area contributed by atoms with Gasteiger partial charge in [-0.3, -0.25) is 0 Å². The maximum absolute atomic E-state index is 13.9. The Bertz CT molecular complexity index is 363. The van der Waals surface area contributed by atoms with Crippen LogP contribution in [0.15, 0.2) is 24.3 Å². The normalized spacial score (nSPS) is 27.8. The Morgan fingerprint density at radius 2 is 2.00 bits per heavy atom. The van der Waals surface area contributed by atoms with Gasteiger partial charge in [0.05, 0.1) is 0 Å². The minimum Gasteiger partial charge on any atom is -0.316 e. The second-order valence-electron chi connectivity index (χ2n) is 5.22. The summed E-state index contributed by atoms with van der Waals surface area (Å²) >= 11 is 0. The van der Waals surface area contributed by atoms with Gasteiger partial charge in [0.1, 0.15) is 5.82 Å². The molecule has 2 rings (SSSR count). The number of hydrogen-bond acceptors (Lipinski definition) is 1. The number of rotatable bonds is 5. The maximum atomic E-state index is 13.9. The maximum Gasteiger partial charge on any atom is 0.127 e. The van der Waals surface area contributed by atoms with Crippen molar-refractivity contribution in [2.24, 2.45) is 5.92 Å². The zero-order chi connectivity index (χ0) is 12.3. The van der Waals surface area contributed by atoms with Crippen LogP contribution in [-0.2, 0) is 5.41 Å². The molecule has 0 heterocycles. The van der Waals surface area contributed by atoms with Crippen LogP contribution < -0.4 is 5.32 Å². The van der Waals surface area contributed by atoms with Gasteiger partial charge in [-0.05, 0) is 36.9 Å². The van der Waals surface area contributed by atoms with Crippen LogP contribution in [0.5, 0.6) is 0 Å². The standard InChI is InChI=1S/C15H22FN/c1-3-12-9-15(10-12,11-17-4-2)13-7-5-6-8-14(13)16/h5-8,12,17H,3-4,9-11H2,1-2H3. The lowest BCUT2D eigenvalue weighted by molar-refractivity contribution is 0.130. The van der Waals surface area contributed by atoms with Gasteiger partial charge in [0.2, 0.25) is 0 Å². The minimum absolute atomic E-state index is 0.0417. The highest BCUT2D eigenvalue weighted by atomic mass is 19.1. The van der Waals surface area contributed by atoms with E-state index in [0.29, 0.717) is 0 Å². The molecule has 17 heavy (non-hydrogen) atoms. The SMILES string of the molecule is CCNCC1(c2ccccc2F)CC(CC)C1. The van der Waals surface area contributed by atoms with E-state index >= 15 is 0 Å². The van der Waals surface area contributed by atoms with Crippen LogP contribution in [0.4, 0.5) is 4.39 Å². The number of nitrogens with one attached hydrogen (secondary N) is 1. The van der Waals surface area contributed by atoms with E-state index in [2.05, 4.69) is 19.2 Å². The van der Waals surface area contributed by atoms with Crippen molar-refractivity contribution >= 4 is 0 Å². The lowest BCUT2D eigenvalue weighted by Crippen LogP contribution is -2.49. The van der Waals surface area contributed by atoms with E-state index in [0.717, 1.165) is 37.4 Å². The van der Waals surface area contributed by atoms with Crippen LogP contribution in [0.3, 0.4) is 0 Å². The minimum atomic E-state index is -0.0417. The first kappa shape index (κ1) is 12.6. The molecule has 0 radical (unpaired) electrons. The molecule has 0 amide bonds. The average molecular weight is 235 g/mol. The Labute approximate surface area is 103 Å². The summed E-state index contributed by atoms with van der Waals surface area (Å²) in [6.45, 7) is 6.18. The first-order valence-corrected chi connectivity index (χ1v) is 6.67. The molecule has 0 aromatic heterocycles. The molecule has 1 aromatic carbocycles. The van der Waals surface area contributed by atoms with Crippen molar-refractivity contribution in [2.45, 2.75) is 38.5 Å². The fourth-order valence-corrected chi connectivity index (χ4v) is 3.05. The van der Waals surface area contributed by atoms with Gasteiger partial charge in [0.15, 0.2) is 0 Å². The lowest BCUT2D eigenvalue weighted by atomic mass is 9.57. The number of benzene rings is 1. The van der Waals surface area contributed by atoms with Crippen LogP contribution in [0.2, 0.25) is 0 Å². The molecule has 94 valence electrons. The summed E-state index contributed by atoms with van der Waals surface area (Å²) in [5, 5.41) is 3.39. The summed E-state index contributed by atoms with van der Waals surface area (Å²) in [5.41, 5.74) is 0.952. The van der Waals surface area contributed by atoms with Gasteiger partial charge >= 0.3 is 0 Å². The molecule has 1 N–H and O–H groups in total. The monoisotopic (exact) mass is 235 g/mol. The smallest absolute Gasteiger partial charge is 0.127 e. The van der Waals surface area contributed by atoms with Crippen molar-refractivity contribution in [3.63, 3.8) is 0 Å². The van der Waals surface area contributed by atoms with Gasteiger partial charge in [0, 0.05) is 12.0 Å². The van der Waals surface area contributed by atoms with Gasteiger partial charge in [-0.25, -0.2) is 4.39 Å². The predicted molar refractivity (Wildman–Crippen MR) is 69.6 cm³/mol. The van der Waals surface area contributed by atoms with E-state index in [-0.39, 0.29) is 11.2 Å². The topological polar surface area (TPSA) is 12.0 Å². The summed E-state index contributed by atoms with van der Waals surface area (Å²) in [5.74, 6) is 0.730. The second kappa shape index (κ2) is 5.18. The van der Waals surface area contributed by atoms with E-state index in [4.69, 9.17) is 0 Å². The zero-order valence-electron chi connectivity index (χ0n) is 10.8. The Morgan fingerprint density at radius 1 is 1.29 bits per heavy atom. The zero-order valence-corrected chi connectivity index (χ0v) is 10.8. The molecule has 0 bridgehead atoms. The highest BCUT2D eigenvalue weighted by molar-refractivity contribution is 5.31. The van der Waals surface area contributed by atoms with Gasteiger partial charge in [-0.15, -0.1) is 0 Å². The Balaban J connectivity index is 2.20. The molecule has 0 spiro atoms. The molecule has 1 aliphatic carbocycles. The van der Waals surface area contributed by atoms with E-state index in [1.165, 1.54) is 6.42 Å². The third-order valence-corrected chi connectivity index (χ3v) is 4.09. The highest BCUT2D eigenvalue weighted by Gasteiger charge is 2.45. The number of likely N-dealkylation sites (N-methyl/N-ethyl adjacent to an activating group) is 1. The van der Waals surface area contributed by atoms with E-state index in [9.17, 15) is 4.39 Å². The largest absolute Gasteiger partial charge is 0.316 e. The summed E-state index contributed by atoms with van der Waals surface area (Å²) in [7, 11) is 0. The third-order valence-electron chi connectivity index (χ3n) is 4.09. The van der Waals surface area contributed by atoms with Crippen LogP contribution in [0.1, 0.15) is 38.7 Å². The average Bonchev–Trinajstić information content (AvgIpc) is 2.30. The Morgan fingerprint density at radius 3 is 2.59 bits per heavy atom. The molecule has 1 saturated carbocycles. The lowest BCUT2D eigenvalue weighted by Gasteiger charge is -2.48. The molecule has 1 fully saturated rings. The van der Waals surface area contributed by atoms with Crippen molar-refractivity contribution in [1.29, 1.82) is 0 Å². The fraction of sp³-hybridized carbons (Fsp3) is 0.600. The molecule has 1 aliphatic rings. The van der Waals surface area contributed by atoms with Crippen LogP contribution in [0.25, 0.3) is 0 Å². The van der Waals surface area contributed by atoms with Gasteiger partial charge in [-0.2, -0.15) is 0 Å². The van der Waals surface area contributed by atoms with Crippen molar-refractivity contribution in [2.75, 3.05) is 13.1 Å². The second-order valence-corrected chi connectivity index (χ2v) is 5.22. The molecule has 0 atom stereocenters. The summed E-state index contributed by atoms with van der Waals surface area (Å²) in [6, 6.07) is 7.27. The van der Waals surface area contributed by atoms with E-state index in [1.807, 2.05) is 12.1 Å². The molecule has 2 heteroatoms. The van der Waals surface area contributed by atoms with Crippen LogP contribution >= 0.6 is 0 Å². The first-order valence-electron chi connectivity index (χ1n) is 6.67. The van der Waals surface area contributed by atoms with Gasteiger partial charge in [0.25, 0.3) is 0 Å². The number of halogens is 1. The van der Waals surface area contributed by atoms with Gasteiger partial charge in [-0.1, -0.05) is 38.5 Å². The molecule has 0 unspecified atom stereocenters. The van der Waals surface area contributed by atoms with Crippen molar-refractivity contribution in [3.05, 3.63) is 35.6 Å². The van der Waals surface area contributed by atoms with E-state index in [1.54, 1.807) is 12.1 Å². The molecule has 1 aromatic rings. The molecular formula is C15H22FN. The van der Waals surface area contributed by atoms with Crippen molar-refractivity contribution in [3.8, 4) is 0 Å². The van der Waals surface area contributed by atoms with Gasteiger partial charge < -0.3 is 5.32 Å². The predicted octanol–water partition coefficient (Wildman–Crippen LogP) is 3.49. The summed E-state index contributed by atoms with van der Waals surface area (Å²) in [4.78, 5) is 0. The van der Waals surface area contributed by atoms with Crippen molar-refractivity contribution < 1.29 is 4.39 Å². The number of hydrogen-bond donors (Lipinski definition) is 1. The molecule has 0 saturated heterocycles. The van der Waals surface area contributed by atoms with Crippen LogP contribution in [-0.4, -0.2) is 13.1 Å².